The largest absolute Gasteiger partial charge is 0.319 e. The highest BCUT2D eigenvalue weighted by Crippen LogP contribution is 2.19. The third-order valence-corrected chi connectivity index (χ3v) is 2.10. The Morgan fingerprint density at radius 2 is 1.50 bits per heavy atom. The molecule has 0 bridgehead atoms. The van der Waals surface area contributed by atoms with Gasteiger partial charge in [-0.05, 0) is 24.9 Å². The van der Waals surface area contributed by atoms with Gasteiger partial charge in [-0.25, -0.2) is 0 Å². The lowest BCUT2D eigenvalue weighted by Crippen LogP contribution is -2.40. The van der Waals surface area contributed by atoms with E-state index in [9.17, 15) is 0 Å². The molecule has 0 fully saturated rings. The lowest BCUT2D eigenvalue weighted by atomic mass is 9.90. The Balaban J connectivity index is 3.98. The van der Waals surface area contributed by atoms with Gasteiger partial charge in [-0.2, -0.15) is 0 Å². The minimum absolute atomic E-state index is 0.356. The average molecular weight is 200 g/mol. The van der Waals surface area contributed by atoms with E-state index >= 15 is 0 Å². The van der Waals surface area contributed by atoms with Crippen LogP contribution in [0.25, 0.3) is 0 Å². The first-order valence-electron chi connectivity index (χ1n) is 5.49. The molecule has 0 spiro atoms. The van der Waals surface area contributed by atoms with E-state index in [1.165, 1.54) is 0 Å². The Hall–Kier alpha value is -0.0800. The van der Waals surface area contributed by atoms with Gasteiger partial charge in [0.05, 0.1) is 0 Å². The number of hydrogen-bond donors (Lipinski definition) is 1. The van der Waals surface area contributed by atoms with Crippen LogP contribution in [0.4, 0.5) is 0 Å². The molecule has 86 valence electrons. The molecule has 14 heavy (non-hydrogen) atoms. The van der Waals surface area contributed by atoms with E-state index in [2.05, 4.69) is 51.9 Å². The topological polar surface area (TPSA) is 15.3 Å². The van der Waals surface area contributed by atoms with Crippen LogP contribution < -0.4 is 5.32 Å². The molecular weight excluding hydrogens is 172 g/mol. The molecule has 0 aromatic rings. The van der Waals surface area contributed by atoms with Crippen LogP contribution in [0.3, 0.4) is 0 Å². The normalized spacial score (nSPS) is 13.7. The van der Waals surface area contributed by atoms with Crippen LogP contribution in [-0.2, 0) is 0 Å². The standard InChI is InChI=1S/C12H28N2/c1-11(2,3)9-14(7)10-12(4,5)8-13-6/h13H,8-10H2,1-7H3. The SMILES string of the molecule is CNCC(C)(C)CN(C)CC(C)(C)C. The molecule has 2 nitrogen and oxygen atoms in total. The predicted molar refractivity (Wildman–Crippen MR) is 64.7 cm³/mol. The molecule has 0 rings (SSSR count). The van der Waals surface area contributed by atoms with Gasteiger partial charge in [0.25, 0.3) is 0 Å². The van der Waals surface area contributed by atoms with Gasteiger partial charge in [0.2, 0.25) is 0 Å². The van der Waals surface area contributed by atoms with E-state index < -0.39 is 0 Å². The van der Waals surface area contributed by atoms with Crippen molar-refractivity contribution in [3.63, 3.8) is 0 Å². The van der Waals surface area contributed by atoms with Gasteiger partial charge in [-0.15, -0.1) is 0 Å². The minimum Gasteiger partial charge on any atom is -0.319 e. The highest BCUT2D eigenvalue weighted by molar-refractivity contribution is 4.76. The van der Waals surface area contributed by atoms with Crippen LogP contribution in [0.5, 0.6) is 0 Å². The van der Waals surface area contributed by atoms with Gasteiger partial charge in [0, 0.05) is 19.6 Å². The second kappa shape index (κ2) is 5.13. The summed E-state index contributed by atoms with van der Waals surface area (Å²) in [4.78, 5) is 2.43. The Labute approximate surface area is 90.1 Å². The fourth-order valence-corrected chi connectivity index (χ4v) is 2.13. The third kappa shape index (κ3) is 7.34. The summed E-state index contributed by atoms with van der Waals surface area (Å²) in [7, 11) is 4.23. The van der Waals surface area contributed by atoms with Gasteiger partial charge in [-0.3, -0.25) is 0 Å². The summed E-state index contributed by atoms with van der Waals surface area (Å²) in [6, 6.07) is 0. The van der Waals surface area contributed by atoms with Gasteiger partial charge in [0.1, 0.15) is 0 Å². The highest BCUT2D eigenvalue weighted by Gasteiger charge is 2.21. The highest BCUT2D eigenvalue weighted by atomic mass is 15.1. The van der Waals surface area contributed by atoms with Crippen molar-refractivity contribution in [1.82, 2.24) is 10.2 Å². The van der Waals surface area contributed by atoms with Gasteiger partial charge < -0.3 is 10.2 Å². The summed E-state index contributed by atoms with van der Waals surface area (Å²) < 4.78 is 0. The number of nitrogens with one attached hydrogen (secondary N) is 1. The van der Waals surface area contributed by atoms with Crippen molar-refractivity contribution in [3.8, 4) is 0 Å². The van der Waals surface area contributed by atoms with E-state index in [4.69, 9.17) is 0 Å². The lowest BCUT2D eigenvalue weighted by Gasteiger charge is -2.33. The summed E-state index contributed by atoms with van der Waals surface area (Å²) in [5.74, 6) is 0. The molecule has 0 amide bonds. The molecule has 2 heteroatoms. The van der Waals surface area contributed by atoms with Crippen molar-refractivity contribution in [2.75, 3.05) is 33.7 Å². The molecule has 0 saturated carbocycles. The van der Waals surface area contributed by atoms with Crippen molar-refractivity contribution in [3.05, 3.63) is 0 Å². The first-order valence-corrected chi connectivity index (χ1v) is 5.49. The van der Waals surface area contributed by atoms with Crippen molar-refractivity contribution >= 4 is 0 Å². The van der Waals surface area contributed by atoms with Crippen molar-refractivity contribution in [2.24, 2.45) is 10.8 Å². The van der Waals surface area contributed by atoms with Crippen LogP contribution in [0.1, 0.15) is 34.6 Å². The number of rotatable bonds is 5. The second-order valence-electron chi connectivity index (χ2n) is 6.43. The molecular formula is C12H28N2. The first-order chi connectivity index (χ1) is 6.16. The maximum absolute atomic E-state index is 3.25. The maximum atomic E-state index is 3.25. The summed E-state index contributed by atoms with van der Waals surface area (Å²) in [6.07, 6.45) is 0. The molecule has 0 aliphatic heterocycles. The third-order valence-electron chi connectivity index (χ3n) is 2.10. The molecule has 0 aromatic heterocycles. The van der Waals surface area contributed by atoms with Crippen molar-refractivity contribution < 1.29 is 0 Å². The Morgan fingerprint density at radius 1 is 1.00 bits per heavy atom. The minimum atomic E-state index is 0.356. The zero-order valence-electron chi connectivity index (χ0n) is 11.1. The number of hydrogen-bond acceptors (Lipinski definition) is 2. The molecule has 1 N–H and O–H groups in total. The lowest BCUT2D eigenvalue weighted by molar-refractivity contribution is 0.160. The summed E-state index contributed by atoms with van der Waals surface area (Å²) in [6.45, 7) is 14.8. The fraction of sp³-hybridized carbons (Fsp3) is 1.00. The second-order valence-corrected chi connectivity index (χ2v) is 6.43. The van der Waals surface area contributed by atoms with E-state index in [1.807, 2.05) is 7.05 Å². The van der Waals surface area contributed by atoms with Crippen LogP contribution in [0.2, 0.25) is 0 Å². The zero-order chi connectivity index (χ0) is 11.4. The molecule has 0 aromatic carbocycles. The Bertz CT molecular complexity index is 156. The van der Waals surface area contributed by atoms with Crippen molar-refractivity contribution in [2.45, 2.75) is 34.6 Å². The molecule has 0 aliphatic rings. The van der Waals surface area contributed by atoms with Gasteiger partial charge >= 0.3 is 0 Å². The van der Waals surface area contributed by atoms with Gasteiger partial charge in [-0.1, -0.05) is 34.6 Å². The summed E-state index contributed by atoms with van der Waals surface area (Å²) in [5, 5.41) is 3.25. The number of nitrogens with zero attached hydrogens (tertiary/aromatic N) is 1. The molecule has 0 atom stereocenters. The smallest absolute Gasteiger partial charge is 0.00420 e. The van der Waals surface area contributed by atoms with E-state index in [0.29, 0.717) is 10.8 Å². The van der Waals surface area contributed by atoms with E-state index in [1.54, 1.807) is 0 Å². The van der Waals surface area contributed by atoms with Crippen LogP contribution >= 0.6 is 0 Å². The summed E-state index contributed by atoms with van der Waals surface area (Å²) in [5.41, 5.74) is 0.749. The zero-order valence-corrected chi connectivity index (χ0v) is 11.1. The van der Waals surface area contributed by atoms with E-state index in [0.717, 1.165) is 19.6 Å². The van der Waals surface area contributed by atoms with E-state index in [-0.39, 0.29) is 0 Å². The molecule has 0 saturated heterocycles. The first kappa shape index (κ1) is 13.9. The monoisotopic (exact) mass is 200 g/mol. The van der Waals surface area contributed by atoms with Gasteiger partial charge in [0.15, 0.2) is 0 Å². The molecule has 0 radical (unpaired) electrons. The maximum Gasteiger partial charge on any atom is 0.00420 e. The van der Waals surface area contributed by atoms with Crippen molar-refractivity contribution in [1.29, 1.82) is 0 Å². The van der Waals surface area contributed by atoms with Crippen LogP contribution in [-0.4, -0.2) is 38.6 Å². The van der Waals surface area contributed by atoms with Crippen LogP contribution in [0.15, 0.2) is 0 Å². The Kier molecular flexibility index (Phi) is 5.10. The average Bonchev–Trinajstić information content (AvgIpc) is 1.78. The molecule has 0 aliphatic carbocycles. The summed E-state index contributed by atoms with van der Waals surface area (Å²) >= 11 is 0. The predicted octanol–water partition coefficient (Wildman–Crippen LogP) is 2.21. The van der Waals surface area contributed by atoms with Crippen LogP contribution in [0, 0.1) is 10.8 Å². The Morgan fingerprint density at radius 3 is 1.86 bits per heavy atom. The quantitative estimate of drug-likeness (QED) is 0.732. The fourth-order valence-electron chi connectivity index (χ4n) is 2.13. The molecule has 0 unspecified atom stereocenters. The molecule has 0 heterocycles.